The molecule has 15 heteroatoms. The molecule has 192 valence electrons. The molecule has 1 saturated heterocycles. The number of benzene rings is 1. The van der Waals surface area contributed by atoms with Crippen LogP contribution in [0.15, 0.2) is 24.3 Å². The lowest BCUT2D eigenvalue weighted by Gasteiger charge is -2.30. The minimum absolute atomic E-state index is 0.218. The fourth-order valence-corrected chi connectivity index (χ4v) is 5.80. The summed E-state index contributed by atoms with van der Waals surface area (Å²) in [6, 6.07) is 6.39. The Morgan fingerprint density at radius 1 is 1.14 bits per heavy atom. The minimum atomic E-state index is -6.43. The maximum Gasteiger partial charge on any atom is 0.431 e. The van der Waals surface area contributed by atoms with Crippen LogP contribution >= 0.6 is 22.6 Å². The van der Waals surface area contributed by atoms with Crippen LogP contribution in [0.25, 0.3) is 0 Å². The fraction of sp³-hybridized carbons (Fsp3) is 0.550. The van der Waals surface area contributed by atoms with E-state index in [2.05, 4.69) is 0 Å². The summed E-state index contributed by atoms with van der Waals surface area (Å²) in [4.78, 5) is 37.6. The number of rotatable bonds is 8. The third-order valence-electron chi connectivity index (χ3n) is 6.55. The van der Waals surface area contributed by atoms with Crippen LogP contribution in [0, 0.1) is 27.2 Å². The molecule has 3 fully saturated rings. The largest absolute Gasteiger partial charge is 0.465 e. The Hall–Kier alpha value is -2.01. The van der Waals surface area contributed by atoms with Crippen LogP contribution in [0.5, 0.6) is 0 Å². The third-order valence-corrected chi connectivity index (χ3v) is 8.22. The molecule has 2 saturated carbocycles. The van der Waals surface area contributed by atoms with Crippen LogP contribution in [0.2, 0.25) is 0 Å². The molecule has 6 unspecified atom stereocenters. The monoisotopic (exact) mass is 636 g/mol. The second-order valence-electron chi connectivity index (χ2n) is 8.51. The maximum atomic E-state index is 13.7. The summed E-state index contributed by atoms with van der Waals surface area (Å²) in [5.74, 6) is -11.3. The Bertz CT molecular complexity index is 1160. The highest BCUT2D eigenvalue weighted by atomic mass is 127. The van der Waals surface area contributed by atoms with Crippen molar-refractivity contribution in [2.75, 3.05) is 6.61 Å². The topological polar surface area (TPSA) is 133 Å². The van der Waals surface area contributed by atoms with E-state index in [0.29, 0.717) is 0 Å². The summed E-state index contributed by atoms with van der Waals surface area (Å²) in [5.41, 5.74) is 0.218. The number of hydrogen-bond acceptors (Lipinski definition) is 8. The molecule has 1 aromatic carbocycles. The van der Waals surface area contributed by atoms with E-state index in [-0.39, 0.29) is 12.0 Å². The molecule has 3 aliphatic rings. The quantitative estimate of drug-likeness (QED) is 0.150. The molecule has 4 rings (SSSR count). The molecule has 1 aliphatic heterocycles. The zero-order valence-corrected chi connectivity index (χ0v) is 20.4. The molecule has 6 atom stereocenters. The van der Waals surface area contributed by atoms with Gasteiger partial charge in [0.25, 0.3) is 0 Å². The highest BCUT2D eigenvalue weighted by Crippen LogP contribution is 2.59. The maximum absolute atomic E-state index is 13.7. The van der Waals surface area contributed by atoms with Crippen LogP contribution in [0.4, 0.5) is 17.6 Å². The lowest BCUT2D eigenvalue weighted by molar-refractivity contribution is -0.178. The van der Waals surface area contributed by atoms with Gasteiger partial charge in [-0.3, -0.25) is 14.1 Å². The SMILES string of the molecule is O=C(OC1C2CC3C1OC(=O)C3C2C(=O)OCCC(F)(F)C(F)(F)S(=O)(=O)O)c1ccc(I)cc1. The zero-order valence-electron chi connectivity index (χ0n) is 17.4. The molecule has 2 bridgehead atoms. The average Bonchev–Trinajstić information content (AvgIpc) is 3.37. The molecule has 1 N–H and O–H groups in total. The lowest BCUT2D eigenvalue weighted by atomic mass is 9.78. The standard InChI is InChI=1S/C20H17F4IO9S/c21-19(22,20(23,24)35(29,30)31)5-6-32-17(27)12-10-7-11-13(12)18(28)34-15(11)14(10)33-16(26)8-1-3-9(25)4-2-8/h1-4,10-15H,5-7H2,(H,29,30,31). The summed E-state index contributed by atoms with van der Waals surface area (Å²) in [7, 11) is -6.43. The summed E-state index contributed by atoms with van der Waals surface area (Å²) < 4.78 is 99.9. The van der Waals surface area contributed by atoms with Gasteiger partial charge >= 0.3 is 39.2 Å². The van der Waals surface area contributed by atoms with Gasteiger partial charge in [-0.1, -0.05) is 0 Å². The number of alkyl halides is 4. The molecule has 0 aromatic heterocycles. The van der Waals surface area contributed by atoms with Crippen molar-refractivity contribution in [2.24, 2.45) is 23.7 Å². The van der Waals surface area contributed by atoms with Crippen LogP contribution in [0.1, 0.15) is 23.2 Å². The van der Waals surface area contributed by atoms with E-state index in [4.69, 9.17) is 18.8 Å². The van der Waals surface area contributed by atoms with E-state index in [9.17, 15) is 40.4 Å². The van der Waals surface area contributed by atoms with Crippen molar-refractivity contribution >= 4 is 50.6 Å². The Balaban J connectivity index is 1.44. The van der Waals surface area contributed by atoms with E-state index >= 15 is 0 Å². The Kier molecular flexibility index (Phi) is 6.57. The van der Waals surface area contributed by atoms with Gasteiger partial charge in [0.15, 0.2) is 0 Å². The van der Waals surface area contributed by atoms with Gasteiger partial charge in [-0.2, -0.15) is 26.0 Å². The molecule has 9 nitrogen and oxygen atoms in total. The number of hydrogen-bond donors (Lipinski definition) is 1. The minimum Gasteiger partial charge on any atom is -0.465 e. The van der Waals surface area contributed by atoms with Crippen LogP contribution < -0.4 is 0 Å². The molecule has 0 spiro atoms. The van der Waals surface area contributed by atoms with Crippen molar-refractivity contribution in [3.63, 3.8) is 0 Å². The van der Waals surface area contributed by atoms with Gasteiger partial charge in [-0.25, -0.2) is 4.79 Å². The molecule has 1 heterocycles. The number of ether oxygens (including phenoxy) is 3. The fourth-order valence-electron chi connectivity index (χ4n) is 4.96. The van der Waals surface area contributed by atoms with Crippen molar-refractivity contribution in [1.29, 1.82) is 0 Å². The Morgan fingerprint density at radius 2 is 1.77 bits per heavy atom. The third kappa shape index (κ3) is 4.39. The summed E-state index contributed by atoms with van der Waals surface area (Å²) in [5, 5.41) is -5.80. The van der Waals surface area contributed by atoms with Crippen LogP contribution in [0.3, 0.4) is 0 Å². The van der Waals surface area contributed by atoms with Gasteiger partial charge < -0.3 is 14.2 Å². The Labute approximate surface area is 209 Å². The second kappa shape index (κ2) is 8.83. The van der Waals surface area contributed by atoms with Gasteiger partial charge in [0, 0.05) is 15.4 Å². The van der Waals surface area contributed by atoms with Gasteiger partial charge in [0.1, 0.15) is 12.2 Å². The van der Waals surface area contributed by atoms with E-state index in [1.165, 1.54) is 12.1 Å². The highest BCUT2D eigenvalue weighted by molar-refractivity contribution is 14.1. The van der Waals surface area contributed by atoms with E-state index in [1.54, 1.807) is 12.1 Å². The first-order valence-electron chi connectivity index (χ1n) is 10.2. The van der Waals surface area contributed by atoms with Crippen molar-refractivity contribution in [3.8, 4) is 0 Å². The Morgan fingerprint density at radius 3 is 2.37 bits per heavy atom. The first-order valence-corrected chi connectivity index (χ1v) is 12.7. The molecule has 35 heavy (non-hydrogen) atoms. The summed E-state index contributed by atoms with van der Waals surface area (Å²) in [6.45, 7) is -1.32. The molecule has 1 aromatic rings. The van der Waals surface area contributed by atoms with E-state index in [0.717, 1.165) is 3.57 Å². The predicted octanol–water partition coefficient (Wildman–Crippen LogP) is 2.67. The zero-order chi connectivity index (χ0) is 25.9. The van der Waals surface area contributed by atoms with Gasteiger partial charge in [0.05, 0.1) is 30.4 Å². The van der Waals surface area contributed by atoms with Crippen LogP contribution in [-0.2, 0) is 33.9 Å². The van der Waals surface area contributed by atoms with Gasteiger partial charge in [0.2, 0.25) is 0 Å². The second-order valence-corrected chi connectivity index (χ2v) is 11.2. The number of esters is 3. The van der Waals surface area contributed by atoms with Gasteiger partial charge in [-0.05, 0) is 53.3 Å². The number of carbonyl (C=O) groups is 3. The lowest BCUT2D eigenvalue weighted by Crippen LogP contribution is -2.47. The number of fused-ring (bicyclic) bond motifs is 1. The van der Waals surface area contributed by atoms with Crippen molar-refractivity contribution in [3.05, 3.63) is 33.4 Å². The predicted molar refractivity (Wildman–Crippen MR) is 114 cm³/mol. The summed E-state index contributed by atoms with van der Waals surface area (Å²) >= 11 is 2.04. The van der Waals surface area contributed by atoms with E-state index in [1.807, 2.05) is 22.6 Å². The van der Waals surface area contributed by atoms with Crippen LogP contribution in [-0.4, -0.2) is 60.9 Å². The molecule has 2 aliphatic carbocycles. The first-order chi connectivity index (χ1) is 16.2. The number of halogens is 5. The first kappa shape index (κ1) is 26.1. The van der Waals surface area contributed by atoms with Crippen molar-refractivity contribution in [1.82, 2.24) is 0 Å². The summed E-state index contributed by atoms with van der Waals surface area (Å²) in [6.07, 6.45) is -3.44. The number of carbonyl (C=O) groups excluding carboxylic acids is 3. The average molecular weight is 636 g/mol. The van der Waals surface area contributed by atoms with E-state index < -0.39 is 88.1 Å². The molecule has 0 amide bonds. The molecular formula is C20H17F4IO9S. The van der Waals surface area contributed by atoms with Gasteiger partial charge in [-0.15, -0.1) is 0 Å². The molecular weight excluding hydrogens is 619 g/mol. The normalized spacial score (nSPS) is 29.7. The highest BCUT2D eigenvalue weighted by Gasteiger charge is 2.70. The van der Waals surface area contributed by atoms with Crippen molar-refractivity contribution in [2.45, 2.75) is 36.2 Å². The molecule has 0 radical (unpaired) electrons. The van der Waals surface area contributed by atoms with Crippen molar-refractivity contribution < 1.29 is 59.1 Å². The smallest absolute Gasteiger partial charge is 0.431 e.